The molecule has 0 bridgehead atoms. The molecule has 0 spiro atoms. The lowest BCUT2D eigenvalue weighted by molar-refractivity contribution is -0.117. The van der Waals surface area contributed by atoms with E-state index in [0.717, 1.165) is 44.1 Å². The minimum Gasteiger partial charge on any atom is -0.325 e. The van der Waals surface area contributed by atoms with Crippen LogP contribution in [0.2, 0.25) is 0 Å². The number of amides is 1. The highest BCUT2D eigenvalue weighted by atomic mass is 19.1. The number of hydrogen-bond acceptors (Lipinski definition) is 3. The highest BCUT2D eigenvalue weighted by molar-refractivity contribution is 5.92. The van der Waals surface area contributed by atoms with Crippen molar-refractivity contribution in [2.45, 2.75) is 25.3 Å². The molecule has 1 aliphatic heterocycles. The van der Waals surface area contributed by atoms with Gasteiger partial charge >= 0.3 is 0 Å². The summed E-state index contributed by atoms with van der Waals surface area (Å²) >= 11 is 0. The number of likely N-dealkylation sites (tertiary alicyclic amines) is 1. The lowest BCUT2D eigenvalue weighted by atomic mass is 9.90. The summed E-state index contributed by atoms with van der Waals surface area (Å²) < 4.78 is 26.1. The fourth-order valence-electron chi connectivity index (χ4n) is 2.48. The molecule has 21 heavy (non-hydrogen) atoms. The molecule has 1 heterocycles. The van der Waals surface area contributed by atoms with Crippen molar-refractivity contribution < 1.29 is 13.6 Å². The molecule has 0 saturated carbocycles. The molecular weight excluding hydrogens is 276 g/mol. The lowest BCUT2D eigenvalue weighted by Crippen LogP contribution is -2.51. The van der Waals surface area contributed by atoms with Gasteiger partial charge in [0.05, 0.1) is 6.54 Å². The Balaban J connectivity index is 1.85. The van der Waals surface area contributed by atoms with Crippen LogP contribution < -0.4 is 10.6 Å². The van der Waals surface area contributed by atoms with Gasteiger partial charge in [0.25, 0.3) is 0 Å². The summed E-state index contributed by atoms with van der Waals surface area (Å²) in [5.74, 6) is -1.66. The maximum Gasteiger partial charge on any atom is 0.238 e. The highest BCUT2D eigenvalue weighted by Gasteiger charge is 2.28. The smallest absolute Gasteiger partial charge is 0.238 e. The number of carbonyl (C=O) groups excluding carboxylic acids is 1. The van der Waals surface area contributed by atoms with Crippen LogP contribution >= 0.6 is 0 Å². The molecule has 1 saturated heterocycles. The summed E-state index contributed by atoms with van der Waals surface area (Å²) in [5, 5.41) is 5.83. The topological polar surface area (TPSA) is 44.4 Å². The first-order valence-electron chi connectivity index (χ1n) is 7.07. The molecule has 0 aliphatic carbocycles. The summed E-state index contributed by atoms with van der Waals surface area (Å²) in [6.45, 7) is 4.04. The van der Waals surface area contributed by atoms with E-state index in [0.29, 0.717) is 0 Å². The van der Waals surface area contributed by atoms with Crippen molar-refractivity contribution in [3.8, 4) is 0 Å². The Kier molecular flexibility index (Phi) is 4.90. The Hall–Kier alpha value is -1.53. The van der Waals surface area contributed by atoms with Gasteiger partial charge < -0.3 is 10.6 Å². The van der Waals surface area contributed by atoms with Crippen molar-refractivity contribution in [3.63, 3.8) is 0 Å². The monoisotopic (exact) mass is 297 g/mol. The Morgan fingerprint density at radius 2 is 1.81 bits per heavy atom. The molecule has 0 atom stereocenters. The van der Waals surface area contributed by atoms with E-state index >= 15 is 0 Å². The van der Waals surface area contributed by atoms with Crippen LogP contribution in [0.5, 0.6) is 0 Å². The van der Waals surface area contributed by atoms with Gasteiger partial charge in [-0.05, 0) is 38.9 Å². The third-order valence-corrected chi connectivity index (χ3v) is 4.08. The molecule has 0 aromatic heterocycles. The first-order valence-corrected chi connectivity index (χ1v) is 7.07. The third kappa shape index (κ3) is 4.47. The number of rotatable bonds is 4. The van der Waals surface area contributed by atoms with Crippen LogP contribution in [-0.4, -0.2) is 43.0 Å². The van der Waals surface area contributed by atoms with Gasteiger partial charge in [0.15, 0.2) is 0 Å². The van der Waals surface area contributed by atoms with E-state index in [1.165, 1.54) is 0 Å². The van der Waals surface area contributed by atoms with Crippen LogP contribution in [0.25, 0.3) is 0 Å². The van der Waals surface area contributed by atoms with Crippen molar-refractivity contribution in [1.82, 2.24) is 10.2 Å². The van der Waals surface area contributed by atoms with Crippen LogP contribution in [-0.2, 0) is 4.79 Å². The SMILES string of the molecule is CNC1(C)CCN(CC(=O)Nc2cc(F)cc(F)c2)CC1. The maximum atomic E-state index is 13.1. The van der Waals surface area contributed by atoms with Crippen LogP contribution in [0.1, 0.15) is 19.8 Å². The minimum absolute atomic E-state index is 0.124. The second-order valence-corrected chi connectivity index (χ2v) is 5.79. The van der Waals surface area contributed by atoms with Gasteiger partial charge in [-0.25, -0.2) is 8.78 Å². The number of piperidine rings is 1. The third-order valence-electron chi connectivity index (χ3n) is 4.08. The number of hydrogen-bond donors (Lipinski definition) is 2. The zero-order chi connectivity index (χ0) is 15.5. The van der Waals surface area contributed by atoms with Crippen LogP contribution in [0, 0.1) is 11.6 Å². The Labute approximate surface area is 123 Å². The predicted octanol–water partition coefficient (Wildman–Crippen LogP) is 1.98. The molecule has 1 fully saturated rings. The van der Waals surface area contributed by atoms with Crippen molar-refractivity contribution in [3.05, 3.63) is 29.8 Å². The van der Waals surface area contributed by atoms with Gasteiger partial charge in [0.2, 0.25) is 5.91 Å². The molecule has 2 N–H and O–H groups in total. The van der Waals surface area contributed by atoms with Crippen molar-refractivity contribution in [2.75, 3.05) is 32.0 Å². The van der Waals surface area contributed by atoms with Crippen molar-refractivity contribution >= 4 is 11.6 Å². The second kappa shape index (κ2) is 6.49. The molecular formula is C15H21F2N3O. The summed E-state index contributed by atoms with van der Waals surface area (Å²) in [7, 11) is 1.95. The summed E-state index contributed by atoms with van der Waals surface area (Å²) in [4.78, 5) is 14.0. The van der Waals surface area contributed by atoms with E-state index < -0.39 is 11.6 Å². The molecule has 1 aromatic carbocycles. The molecule has 0 radical (unpaired) electrons. The van der Waals surface area contributed by atoms with E-state index in [9.17, 15) is 13.6 Å². The Morgan fingerprint density at radius 3 is 2.33 bits per heavy atom. The number of nitrogens with one attached hydrogen (secondary N) is 2. The lowest BCUT2D eigenvalue weighted by Gasteiger charge is -2.39. The second-order valence-electron chi connectivity index (χ2n) is 5.79. The zero-order valence-electron chi connectivity index (χ0n) is 12.4. The number of nitrogens with zero attached hydrogens (tertiary/aromatic N) is 1. The van der Waals surface area contributed by atoms with Gasteiger partial charge in [0, 0.05) is 30.4 Å². The first-order chi connectivity index (χ1) is 9.90. The molecule has 6 heteroatoms. The standard InChI is InChI=1S/C15H21F2N3O/c1-15(18-2)3-5-20(6-4-15)10-14(21)19-13-8-11(16)7-12(17)9-13/h7-9,18H,3-6,10H2,1-2H3,(H,19,21). The average Bonchev–Trinajstić information content (AvgIpc) is 2.40. The summed E-state index contributed by atoms with van der Waals surface area (Å²) in [6, 6.07) is 2.99. The normalized spacial score (nSPS) is 18.5. The molecule has 0 unspecified atom stereocenters. The quantitative estimate of drug-likeness (QED) is 0.893. The van der Waals surface area contributed by atoms with E-state index in [1.807, 2.05) is 11.9 Å². The van der Waals surface area contributed by atoms with Crippen LogP contribution in [0.3, 0.4) is 0 Å². The van der Waals surface area contributed by atoms with Gasteiger partial charge in [0.1, 0.15) is 11.6 Å². The fraction of sp³-hybridized carbons (Fsp3) is 0.533. The van der Waals surface area contributed by atoms with E-state index in [2.05, 4.69) is 17.6 Å². The average molecular weight is 297 g/mol. The molecule has 1 amide bonds. The Bertz CT molecular complexity index is 493. The zero-order valence-corrected chi connectivity index (χ0v) is 12.4. The highest BCUT2D eigenvalue weighted by Crippen LogP contribution is 2.21. The number of halogens is 2. The molecule has 1 aromatic rings. The van der Waals surface area contributed by atoms with Gasteiger partial charge in [-0.15, -0.1) is 0 Å². The summed E-state index contributed by atoms with van der Waals surface area (Å²) in [6.07, 6.45) is 1.93. The predicted molar refractivity (Wildman–Crippen MR) is 78.1 cm³/mol. The minimum atomic E-state index is -0.701. The first kappa shape index (κ1) is 15.9. The Morgan fingerprint density at radius 1 is 1.24 bits per heavy atom. The molecule has 1 aliphatic rings. The largest absolute Gasteiger partial charge is 0.325 e. The van der Waals surface area contributed by atoms with E-state index in [1.54, 1.807) is 0 Å². The fourth-order valence-corrected chi connectivity index (χ4v) is 2.48. The van der Waals surface area contributed by atoms with Gasteiger partial charge in [-0.1, -0.05) is 0 Å². The summed E-state index contributed by atoms with van der Waals surface area (Å²) in [5.41, 5.74) is 0.271. The van der Waals surface area contributed by atoms with Crippen molar-refractivity contribution in [1.29, 1.82) is 0 Å². The van der Waals surface area contributed by atoms with Crippen LogP contribution in [0.15, 0.2) is 18.2 Å². The number of anilines is 1. The number of benzene rings is 1. The van der Waals surface area contributed by atoms with Crippen molar-refractivity contribution in [2.24, 2.45) is 0 Å². The van der Waals surface area contributed by atoms with Crippen LogP contribution in [0.4, 0.5) is 14.5 Å². The molecule has 2 rings (SSSR count). The van der Waals surface area contributed by atoms with E-state index in [-0.39, 0.29) is 23.7 Å². The van der Waals surface area contributed by atoms with E-state index in [4.69, 9.17) is 0 Å². The molecule has 4 nitrogen and oxygen atoms in total. The van der Waals surface area contributed by atoms with Gasteiger partial charge in [-0.3, -0.25) is 9.69 Å². The number of carbonyl (C=O) groups is 1. The molecule has 116 valence electrons. The maximum absolute atomic E-state index is 13.1. The van der Waals surface area contributed by atoms with Gasteiger partial charge in [-0.2, -0.15) is 0 Å².